The van der Waals surface area contributed by atoms with E-state index in [4.69, 9.17) is 11.5 Å². The zero-order valence-electron chi connectivity index (χ0n) is 7.74. The van der Waals surface area contributed by atoms with Crippen LogP contribution >= 0.6 is 0 Å². The molecule has 2 rings (SSSR count). The average molecular weight is 176 g/mol. The molecule has 0 saturated heterocycles. The summed E-state index contributed by atoms with van der Waals surface area (Å²) in [5, 5.41) is 0. The molecule has 0 aromatic heterocycles. The molecule has 13 heavy (non-hydrogen) atoms. The molecule has 0 radical (unpaired) electrons. The SMILES string of the molecule is Nc1ccc(C2CCCC2N)cc1. The van der Waals surface area contributed by atoms with Crippen LogP contribution in [-0.2, 0) is 0 Å². The largest absolute Gasteiger partial charge is 0.399 e. The van der Waals surface area contributed by atoms with E-state index < -0.39 is 0 Å². The summed E-state index contributed by atoms with van der Waals surface area (Å²) in [6, 6.07) is 8.47. The highest BCUT2D eigenvalue weighted by molar-refractivity contribution is 5.40. The van der Waals surface area contributed by atoms with Gasteiger partial charge in [-0.3, -0.25) is 0 Å². The molecule has 1 aromatic rings. The minimum atomic E-state index is 0.351. The molecular formula is C11H16N2. The van der Waals surface area contributed by atoms with Crippen molar-refractivity contribution in [3.8, 4) is 0 Å². The van der Waals surface area contributed by atoms with Crippen molar-refractivity contribution < 1.29 is 0 Å². The van der Waals surface area contributed by atoms with Crippen molar-refractivity contribution in [2.75, 3.05) is 5.73 Å². The highest BCUT2D eigenvalue weighted by atomic mass is 14.7. The number of hydrogen-bond acceptors (Lipinski definition) is 2. The maximum atomic E-state index is 6.02. The van der Waals surface area contributed by atoms with Gasteiger partial charge in [0.1, 0.15) is 0 Å². The molecule has 0 bridgehead atoms. The summed E-state index contributed by atoms with van der Waals surface area (Å²) in [5.41, 5.74) is 13.8. The molecule has 1 aliphatic carbocycles. The van der Waals surface area contributed by atoms with Crippen LogP contribution in [0.2, 0.25) is 0 Å². The lowest BCUT2D eigenvalue weighted by atomic mass is 9.94. The summed E-state index contributed by atoms with van der Waals surface area (Å²) >= 11 is 0. The predicted octanol–water partition coefficient (Wildman–Crippen LogP) is 1.86. The van der Waals surface area contributed by atoms with Crippen molar-refractivity contribution in [3.05, 3.63) is 29.8 Å². The molecule has 1 fully saturated rings. The second kappa shape index (κ2) is 3.38. The van der Waals surface area contributed by atoms with Crippen molar-refractivity contribution in [2.45, 2.75) is 31.2 Å². The smallest absolute Gasteiger partial charge is 0.0314 e. The Labute approximate surface area is 78.9 Å². The van der Waals surface area contributed by atoms with Gasteiger partial charge in [-0.2, -0.15) is 0 Å². The van der Waals surface area contributed by atoms with Gasteiger partial charge in [0.05, 0.1) is 0 Å². The van der Waals surface area contributed by atoms with E-state index in [2.05, 4.69) is 12.1 Å². The molecule has 4 N–H and O–H groups in total. The first-order valence-electron chi connectivity index (χ1n) is 4.88. The van der Waals surface area contributed by atoms with Crippen molar-refractivity contribution in [1.29, 1.82) is 0 Å². The Morgan fingerprint density at radius 1 is 1.08 bits per heavy atom. The fourth-order valence-corrected chi connectivity index (χ4v) is 2.15. The van der Waals surface area contributed by atoms with Gasteiger partial charge in [0.15, 0.2) is 0 Å². The van der Waals surface area contributed by atoms with Gasteiger partial charge in [-0.05, 0) is 36.5 Å². The van der Waals surface area contributed by atoms with Crippen LogP contribution in [0.1, 0.15) is 30.7 Å². The number of anilines is 1. The first-order chi connectivity index (χ1) is 6.27. The van der Waals surface area contributed by atoms with Crippen molar-refractivity contribution in [2.24, 2.45) is 5.73 Å². The van der Waals surface area contributed by atoms with Crippen LogP contribution in [0.3, 0.4) is 0 Å². The number of hydrogen-bond donors (Lipinski definition) is 2. The van der Waals surface area contributed by atoms with Crippen LogP contribution in [0.15, 0.2) is 24.3 Å². The van der Waals surface area contributed by atoms with Gasteiger partial charge in [0.2, 0.25) is 0 Å². The molecule has 0 spiro atoms. The van der Waals surface area contributed by atoms with Crippen LogP contribution < -0.4 is 11.5 Å². The van der Waals surface area contributed by atoms with E-state index in [-0.39, 0.29) is 0 Å². The van der Waals surface area contributed by atoms with E-state index in [0.717, 1.165) is 12.1 Å². The van der Waals surface area contributed by atoms with Gasteiger partial charge >= 0.3 is 0 Å². The minimum Gasteiger partial charge on any atom is -0.399 e. The summed E-state index contributed by atoms with van der Waals surface area (Å²) in [6.45, 7) is 0. The topological polar surface area (TPSA) is 52.0 Å². The van der Waals surface area contributed by atoms with E-state index >= 15 is 0 Å². The average Bonchev–Trinajstić information content (AvgIpc) is 2.53. The molecule has 2 unspecified atom stereocenters. The van der Waals surface area contributed by atoms with E-state index in [1.54, 1.807) is 0 Å². The highest BCUT2D eigenvalue weighted by Crippen LogP contribution is 2.33. The molecule has 1 aromatic carbocycles. The number of nitrogen functional groups attached to an aromatic ring is 1. The lowest BCUT2D eigenvalue weighted by Crippen LogP contribution is -2.22. The summed E-state index contributed by atoms with van der Waals surface area (Å²) in [4.78, 5) is 0. The van der Waals surface area contributed by atoms with Crippen molar-refractivity contribution in [3.63, 3.8) is 0 Å². The van der Waals surface area contributed by atoms with Gasteiger partial charge in [-0.15, -0.1) is 0 Å². The number of benzene rings is 1. The normalized spacial score (nSPS) is 27.8. The standard InChI is InChI=1S/C11H16N2/c12-9-6-4-8(5-7-9)10-2-1-3-11(10)13/h4-7,10-11H,1-3,12-13H2. The molecule has 0 amide bonds. The molecule has 0 heterocycles. The summed E-state index contributed by atoms with van der Waals surface area (Å²) < 4.78 is 0. The molecule has 2 heteroatoms. The first-order valence-corrected chi connectivity index (χ1v) is 4.88. The Balaban J connectivity index is 2.20. The number of nitrogens with two attached hydrogens (primary N) is 2. The van der Waals surface area contributed by atoms with Crippen LogP contribution in [0.25, 0.3) is 0 Å². The molecule has 1 aliphatic rings. The quantitative estimate of drug-likeness (QED) is 0.642. The Hall–Kier alpha value is -1.02. The monoisotopic (exact) mass is 176 g/mol. The van der Waals surface area contributed by atoms with Gasteiger partial charge < -0.3 is 11.5 Å². The van der Waals surface area contributed by atoms with Crippen molar-refractivity contribution >= 4 is 5.69 Å². The predicted molar refractivity (Wildman–Crippen MR) is 55.4 cm³/mol. The maximum absolute atomic E-state index is 6.02. The van der Waals surface area contributed by atoms with Crippen LogP contribution in [0.4, 0.5) is 5.69 Å². The lowest BCUT2D eigenvalue weighted by molar-refractivity contribution is 0.613. The third-order valence-corrected chi connectivity index (χ3v) is 2.93. The minimum absolute atomic E-state index is 0.351. The lowest BCUT2D eigenvalue weighted by Gasteiger charge is -2.15. The van der Waals surface area contributed by atoms with Gasteiger partial charge in [-0.25, -0.2) is 0 Å². The third-order valence-electron chi connectivity index (χ3n) is 2.93. The van der Waals surface area contributed by atoms with Crippen LogP contribution in [0.5, 0.6) is 0 Å². The second-order valence-corrected chi connectivity index (χ2v) is 3.87. The Morgan fingerprint density at radius 2 is 1.77 bits per heavy atom. The maximum Gasteiger partial charge on any atom is 0.0314 e. The molecule has 0 aliphatic heterocycles. The van der Waals surface area contributed by atoms with E-state index in [9.17, 15) is 0 Å². The Bertz CT molecular complexity index is 279. The summed E-state index contributed by atoms with van der Waals surface area (Å²) in [7, 11) is 0. The van der Waals surface area contributed by atoms with E-state index in [1.165, 1.54) is 18.4 Å². The van der Waals surface area contributed by atoms with Gasteiger partial charge in [0.25, 0.3) is 0 Å². The Kier molecular flexibility index (Phi) is 2.23. The highest BCUT2D eigenvalue weighted by Gasteiger charge is 2.24. The zero-order valence-corrected chi connectivity index (χ0v) is 7.74. The van der Waals surface area contributed by atoms with Crippen LogP contribution in [-0.4, -0.2) is 6.04 Å². The zero-order chi connectivity index (χ0) is 9.26. The fraction of sp³-hybridized carbons (Fsp3) is 0.455. The first kappa shape index (κ1) is 8.57. The second-order valence-electron chi connectivity index (χ2n) is 3.87. The molecule has 2 nitrogen and oxygen atoms in total. The van der Waals surface area contributed by atoms with Gasteiger partial charge in [-0.1, -0.05) is 18.6 Å². The van der Waals surface area contributed by atoms with Crippen LogP contribution in [0, 0.1) is 0 Å². The molecular weight excluding hydrogens is 160 g/mol. The van der Waals surface area contributed by atoms with E-state index in [1.807, 2.05) is 12.1 Å². The summed E-state index contributed by atoms with van der Waals surface area (Å²) in [6.07, 6.45) is 3.65. The fourth-order valence-electron chi connectivity index (χ4n) is 2.15. The van der Waals surface area contributed by atoms with E-state index in [0.29, 0.717) is 12.0 Å². The van der Waals surface area contributed by atoms with Crippen molar-refractivity contribution in [1.82, 2.24) is 0 Å². The molecule has 70 valence electrons. The number of rotatable bonds is 1. The molecule has 2 atom stereocenters. The summed E-state index contributed by atoms with van der Waals surface area (Å²) in [5.74, 6) is 0.556. The third kappa shape index (κ3) is 1.68. The Morgan fingerprint density at radius 3 is 2.31 bits per heavy atom. The van der Waals surface area contributed by atoms with Gasteiger partial charge in [0, 0.05) is 11.7 Å². The molecule has 1 saturated carbocycles.